The topological polar surface area (TPSA) is 63.2 Å². The Hall–Kier alpha value is -3.18. The number of aromatic nitrogens is 1. The molecule has 0 fully saturated rings. The molecule has 0 spiro atoms. The number of pyridine rings is 1. The van der Waals surface area contributed by atoms with Gasteiger partial charge in [0.15, 0.2) is 0 Å². The Morgan fingerprint density at radius 1 is 1.11 bits per heavy atom. The van der Waals surface area contributed by atoms with Gasteiger partial charge in [0, 0.05) is 18.9 Å². The zero-order chi connectivity index (χ0) is 19.1. The maximum Gasteiger partial charge on any atom is 0.246 e. The third-order valence-corrected chi connectivity index (χ3v) is 4.24. The van der Waals surface area contributed by atoms with Crippen LogP contribution in [0.15, 0.2) is 73.1 Å². The standard InChI is InChI=1S/C22H23N3O2/c1-16-10-11-20(27-2)19(13-16)25-22(26)21(18-8-4-3-5-9-18)24-15-17-7-6-12-23-14-17/h3-14,21,24H,15H2,1-2H3,(H,25,26). The maximum atomic E-state index is 13.1. The zero-order valence-electron chi connectivity index (χ0n) is 15.5. The molecule has 0 radical (unpaired) electrons. The monoisotopic (exact) mass is 361 g/mol. The van der Waals surface area contributed by atoms with Gasteiger partial charge in [-0.2, -0.15) is 0 Å². The van der Waals surface area contributed by atoms with Crippen molar-refractivity contribution in [2.45, 2.75) is 19.5 Å². The van der Waals surface area contributed by atoms with Crippen molar-refractivity contribution < 1.29 is 9.53 Å². The first kappa shape index (κ1) is 18.6. The number of anilines is 1. The molecule has 0 aliphatic carbocycles. The Kier molecular flexibility index (Phi) is 6.18. The molecule has 1 unspecified atom stereocenters. The quantitative estimate of drug-likeness (QED) is 0.671. The molecule has 27 heavy (non-hydrogen) atoms. The molecule has 0 aliphatic heterocycles. The number of nitrogens with zero attached hydrogens (tertiary/aromatic N) is 1. The van der Waals surface area contributed by atoms with Crippen LogP contribution in [0.25, 0.3) is 0 Å². The number of hydrogen-bond acceptors (Lipinski definition) is 4. The molecule has 0 saturated heterocycles. The van der Waals surface area contributed by atoms with Gasteiger partial charge >= 0.3 is 0 Å². The van der Waals surface area contributed by atoms with E-state index in [1.807, 2.05) is 67.6 Å². The minimum absolute atomic E-state index is 0.144. The summed E-state index contributed by atoms with van der Waals surface area (Å²) in [6.07, 6.45) is 3.52. The maximum absolute atomic E-state index is 13.1. The van der Waals surface area contributed by atoms with E-state index in [0.29, 0.717) is 18.0 Å². The van der Waals surface area contributed by atoms with E-state index >= 15 is 0 Å². The van der Waals surface area contributed by atoms with E-state index < -0.39 is 6.04 Å². The summed E-state index contributed by atoms with van der Waals surface area (Å²) in [5.41, 5.74) is 3.61. The van der Waals surface area contributed by atoms with E-state index in [4.69, 9.17) is 4.74 Å². The molecule has 0 saturated carbocycles. The fourth-order valence-electron chi connectivity index (χ4n) is 2.85. The van der Waals surface area contributed by atoms with Crippen LogP contribution >= 0.6 is 0 Å². The second-order valence-corrected chi connectivity index (χ2v) is 6.28. The van der Waals surface area contributed by atoms with Crippen LogP contribution in [0.4, 0.5) is 5.69 Å². The molecule has 1 amide bonds. The second kappa shape index (κ2) is 8.96. The molecule has 1 aromatic heterocycles. The number of rotatable bonds is 7. The van der Waals surface area contributed by atoms with Gasteiger partial charge in [0.2, 0.25) is 5.91 Å². The lowest BCUT2D eigenvalue weighted by Crippen LogP contribution is -2.32. The molecule has 2 N–H and O–H groups in total. The molecule has 5 nitrogen and oxygen atoms in total. The SMILES string of the molecule is COc1ccc(C)cc1NC(=O)C(NCc1cccnc1)c1ccccc1. The third-order valence-electron chi connectivity index (χ3n) is 4.24. The van der Waals surface area contributed by atoms with E-state index in [9.17, 15) is 4.79 Å². The minimum atomic E-state index is -0.503. The van der Waals surface area contributed by atoms with Crippen LogP contribution in [0.5, 0.6) is 5.75 Å². The number of aryl methyl sites for hydroxylation is 1. The van der Waals surface area contributed by atoms with E-state index in [0.717, 1.165) is 16.7 Å². The summed E-state index contributed by atoms with van der Waals surface area (Å²) in [6.45, 7) is 2.51. The summed E-state index contributed by atoms with van der Waals surface area (Å²) in [6, 6.07) is 18.7. The number of carbonyl (C=O) groups is 1. The predicted molar refractivity (Wildman–Crippen MR) is 107 cm³/mol. The summed E-state index contributed by atoms with van der Waals surface area (Å²) in [4.78, 5) is 17.2. The van der Waals surface area contributed by atoms with Gasteiger partial charge in [-0.3, -0.25) is 15.1 Å². The number of hydrogen-bond donors (Lipinski definition) is 2. The van der Waals surface area contributed by atoms with Crippen molar-refractivity contribution in [1.29, 1.82) is 0 Å². The Bertz CT molecular complexity index is 883. The molecule has 0 aliphatic rings. The van der Waals surface area contributed by atoms with Gasteiger partial charge in [-0.05, 0) is 41.8 Å². The Balaban J connectivity index is 1.82. The van der Waals surface area contributed by atoms with Crippen LogP contribution in [-0.2, 0) is 11.3 Å². The van der Waals surface area contributed by atoms with Crippen LogP contribution in [0.1, 0.15) is 22.7 Å². The highest BCUT2D eigenvalue weighted by Gasteiger charge is 2.21. The lowest BCUT2D eigenvalue weighted by Gasteiger charge is -2.20. The van der Waals surface area contributed by atoms with Gasteiger partial charge < -0.3 is 10.1 Å². The molecule has 5 heteroatoms. The van der Waals surface area contributed by atoms with Crippen molar-refractivity contribution in [1.82, 2.24) is 10.3 Å². The second-order valence-electron chi connectivity index (χ2n) is 6.28. The van der Waals surface area contributed by atoms with Crippen molar-refractivity contribution in [3.63, 3.8) is 0 Å². The first-order chi connectivity index (χ1) is 13.2. The Labute approximate surface area is 159 Å². The lowest BCUT2D eigenvalue weighted by atomic mass is 10.1. The van der Waals surface area contributed by atoms with Crippen molar-refractivity contribution in [3.05, 3.63) is 89.7 Å². The molecule has 3 aromatic rings. The molecule has 0 bridgehead atoms. The number of nitrogens with one attached hydrogen (secondary N) is 2. The van der Waals surface area contributed by atoms with Crippen molar-refractivity contribution in [2.24, 2.45) is 0 Å². The van der Waals surface area contributed by atoms with Crippen LogP contribution in [0.2, 0.25) is 0 Å². The van der Waals surface area contributed by atoms with Crippen LogP contribution in [0, 0.1) is 6.92 Å². The number of ether oxygens (including phenoxy) is 1. The van der Waals surface area contributed by atoms with E-state index in [1.165, 1.54) is 0 Å². The third kappa shape index (κ3) is 4.92. The van der Waals surface area contributed by atoms with Gasteiger partial charge in [0.25, 0.3) is 0 Å². The molecule has 138 valence electrons. The summed E-state index contributed by atoms with van der Waals surface area (Å²) in [7, 11) is 1.59. The Morgan fingerprint density at radius 3 is 2.63 bits per heavy atom. The number of carbonyl (C=O) groups excluding carboxylic acids is 1. The predicted octanol–water partition coefficient (Wildman–Crippen LogP) is 3.87. The summed E-state index contributed by atoms with van der Waals surface area (Å²) in [5.74, 6) is 0.488. The van der Waals surface area contributed by atoms with Crippen LogP contribution < -0.4 is 15.4 Å². The average molecular weight is 361 g/mol. The zero-order valence-corrected chi connectivity index (χ0v) is 15.5. The van der Waals surface area contributed by atoms with Gasteiger partial charge in [-0.25, -0.2) is 0 Å². The van der Waals surface area contributed by atoms with Gasteiger partial charge in [-0.1, -0.05) is 42.5 Å². The first-order valence-electron chi connectivity index (χ1n) is 8.80. The fourth-order valence-corrected chi connectivity index (χ4v) is 2.85. The molecular weight excluding hydrogens is 338 g/mol. The minimum Gasteiger partial charge on any atom is -0.495 e. The summed E-state index contributed by atoms with van der Waals surface area (Å²) >= 11 is 0. The van der Waals surface area contributed by atoms with Gasteiger partial charge in [-0.15, -0.1) is 0 Å². The smallest absolute Gasteiger partial charge is 0.246 e. The van der Waals surface area contributed by atoms with Crippen LogP contribution in [-0.4, -0.2) is 18.0 Å². The molecule has 3 rings (SSSR count). The largest absolute Gasteiger partial charge is 0.495 e. The summed E-state index contributed by atoms with van der Waals surface area (Å²) in [5, 5.41) is 6.33. The van der Waals surface area contributed by atoms with E-state index in [1.54, 1.807) is 19.5 Å². The van der Waals surface area contributed by atoms with E-state index in [-0.39, 0.29) is 5.91 Å². The number of methoxy groups -OCH3 is 1. The molecule has 2 aromatic carbocycles. The molecule has 1 atom stereocenters. The average Bonchev–Trinajstić information content (AvgIpc) is 2.70. The van der Waals surface area contributed by atoms with Gasteiger partial charge in [0.05, 0.1) is 12.8 Å². The molecular formula is C22H23N3O2. The molecule has 1 heterocycles. The van der Waals surface area contributed by atoms with E-state index in [2.05, 4.69) is 15.6 Å². The number of amides is 1. The van der Waals surface area contributed by atoms with Crippen LogP contribution in [0.3, 0.4) is 0 Å². The van der Waals surface area contributed by atoms with Crippen molar-refractivity contribution >= 4 is 11.6 Å². The van der Waals surface area contributed by atoms with Crippen molar-refractivity contribution in [3.8, 4) is 5.75 Å². The highest BCUT2D eigenvalue weighted by atomic mass is 16.5. The lowest BCUT2D eigenvalue weighted by molar-refractivity contribution is -0.118. The number of benzene rings is 2. The summed E-state index contributed by atoms with van der Waals surface area (Å²) < 4.78 is 5.37. The van der Waals surface area contributed by atoms with Crippen molar-refractivity contribution in [2.75, 3.05) is 12.4 Å². The van der Waals surface area contributed by atoms with Gasteiger partial charge in [0.1, 0.15) is 11.8 Å². The normalized spacial score (nSPS) is 11.6. The first-order valence-corrected chi connectivity index (χ1v) is 8.80. The Morgan fingerprint density at radius 2 is 1.93 bits per heavy atom. The fraction of sp³-hybridized carbons (Fsp3) is 0.182. The highest BCUT2D eigenvalue weighted by Crippen LogP contribution is 2.26. The highest BCUT2D eigenvalue weighted by molar-refractivity contribution is 5.96.